The van der Waals surface area contributed by atoms with Gasteiger partial charge in [-0.2, -0.15) is 13.2 Å². The fourth-order valence-electron chi connectivity index (χ4n) is 1.78. The SMILES string of the molecule is COCC(N)C(=O)NC1CCN(CC(F)(F)F)C1=O. The van der Waals surface area contributed by atoms with E-state index in [4.69, 9.17) is 5.73 Å². The van der Waals surface area contributed by atoms with E-state index >= 15 is 0 Å². The second-order valence-corrected chi connectivity index (χ2v) is 4.29. The molecule has 6 nitrogen and oxygen atoms in total. The van der Waals surface area contributed by atoms with E-state index in [0.717, 1.165) is 0 Å². The highest BCUT2D eigenvalue weighted by atomic mass is 19.4. The average Bonchev–Trinajstić information content (AvgIpc) is 2.60. The summed E-state index contributed by atoms with van der Waals surface area (Å²) >= 11 is 0. The van der Waals surface area contributed by atoms with Crippen LogP contribution in [0.2, 0.25) is 0 Å². The highest BCUT2D eigenvalue weighted by Crippen LogP contribution is 2.20. The molecule has 1 aliphatic heterocycles. The van der Waals surface area contributed by atoms with Crippen LogP contribution in [0.15, 0.2) is 0 Å². The Balaban J connectivity index is 2.50. The van der Waals surface area contributed by atoms with Gasteiger partial charge in [-0.05, 0) is 6.42 Å². The summed E-state index contributed by atoms with van der Waals surface area (Å²) in [7, 11) is 1.36. The molecule has 1 aliphatic rings. The van der Waals surface area contributed by atoms with Crippen molar-refractivity contribution in [1.82, 2.24) is 10.2 Å². The van der Waals surface area contributed by atoms with Crippen LogP contribution in [0.5, 0.6) is 0 Å². The van der Waals surface area contributed by atoms with E-state index < -0.39 is 36.6 Å². The number of hydrogen-bond donors (Lipinski definition) is 2. The van der Waals surface area contributed by atoms with Crippen LogP contribution in [0.25, 0.3) is 0 Å². The van der Waals surface area contributed by atoms with Crippen LogP contribution in [-0.4, -0.2) is 61.8 Å². The molecule has 0 aromatic carbocycles. The summed E-state index contributed by atoms with van der Waals surface area (Å²) in [6.07, 6.45) is -4.30. The van der Waals surface area contributed by atoms with Gasteiger partial charge in [0.1, 0.15) is 18.6 Å². The van der Waals surface area contributed by atoms with E-state index in [1.807, 2.05) is 0 Å². The lowest BCUT2D eigenvalue weighted by atomic mass is 10.2. The van der Waals surface area contributed by atoms with Crippen LogP contribution in [-0.2, 0) is 14.3 Å². The van der Waals surface area contributed by atoms with Crippen LogP contribution in [0, 0.1) is 0 Å². The summed E-state index contributed by atoms with van der Waals surface area (Å²) in [6.45, 7) is -1.37. The van der Waals surface area contributed by atoms with Gasteiger partial charge in [0, 0.05) is 13.7 Å². The molecule has 1 fully saturated rings. The van der Waals surface area contributed by atoms with Gasteiger partial charge in [-0.3, -0.25) is 9.59 Å². The molecule has 0 saturated carbocycles. The number of alkyl halides is 3. The second-order valence-electron chi connectivity index (χ2n) is 4.29. The third-order valence-corrected chi connectivity index (χ3v) is 2.67. The fraction of sp³-hybridized carbons (Fsp3) is 0.800. The molecule has 9 heteroatoms. The quantitative estimate of drug-likeness (QED) is 0.694. The third-order valence-electron chi connectivity index (χ3n) is 2.67. The van der Waals surface area contributed by atoms with E-state index in [-0.39, 0.29) is 19.6 Å². The summed E-state index contributed by atoms with van der Waals surface area (Å²) in [4.78, 5) is 23.8. The maximum Gasteiger partial charge on any atom is 0.406 e. The standard InChI is InChI=1S/C10H16F3N3O3/c1-19-4-6(14)8(17)15-7-2-3-16(9(7)18)5-10(11,12)13/h6-7H,2-5,14H2,1H3,(H,15,17). The first-order chi connectivity index (χ1) is 8.74. The maximum atomic E-state index is 12.2. The second kappa shape index (κ2) is 6.20. The lowest BCUT2D eigenvalue weighted by Gasteiger charge is -2.19. The molecule has 1 heterocycles. The summed E-state index contributed by atoms with van der Waals surface area (Å²) < 4.78 is 41.2. The highest BCUT2D eigenvalue weighted by Gasteiger charge is 2.40. The zero-order valence-corrected chi connectivity index (χ0v) is 10.4. The highest BCUT2D eigenvalue weighted by molar-refractivity contribution is 5.91. The maximum absolute atomic E-state index is 12.2. The predicted octanol–water partition coefficient (Wildman–Crippen LogP) is -0.760. The molecule has 1 saturated heterocycles. The molecule has 0 spiro atoms. The van der Waals surface area contributed by atoms with Crippen molar-refractivity contribution in [1.29, 1.82) is 0 Å². The third kappa shape index (κ3) is 4.67. The number of nitrogens with two attached hydrogens (primary N) is 1. The molecule has 2 unspecified atom stereocenters. The minimum atomic E-state index is -4.44. The van der Waals surface area contributed by atoms with E-state index in [1.54, 1.807) is 0 Å². The predicted molar refractivity (Wildman–Crippen MR) is 59.0 cm³/mol. The van der Waals surface area contributed by atoms with Crippen LogP contribution < -0.4 is 11.1 Å². The Hall–Kier alpha value is -1.35. The number of carbonyl (C=O) groups excluding carboxylic acids is 2. The van der Waals surface area contributed by atoms with Crippen molar-refractivity contribution in [2.24, 2.45) is 5.73 Å². The van der Waals surface area contributed by atoms with Gasteiger partial charge in [0.15, 0.2) is 0 Å². The molecule has 2 atom stereocenters. The van der Waals surface area contributed by atoms with Crippen molar-refractivity contribution in [2.75, 3.05) is 26.8 Å². The Morgan fingerprint density at radius 1 is 1.63 bits per heavy atom. The number of halogens is 3. The Morgan fingerprint density at radius 3 is 2.79 bits per heavy atom. The molecule has 19 heavy (non-hydrogen) atoms. The van der Waals surface area contributed by atoms with Gasteiger partial charge < -0.3 is 20.7 Å². The Kier molecular flexibility index (Phi) is 5.12. The van der Waals surface area contributed by atoms with Crippen LogP contribution in [0.3, 0.4) is 0 Å². The van der Waals surface area contributed by atoms with E-state index in [0.29, 0.717) is 4.90 Å². The fourth-order valence-corrected chi connectivity index (χ4v) is 1.78. The van der Waals surface area contributed by atoms with Crippen LogP contribution in [0.4, 0.5) is 13.2 Å². The largest absolute Gasteiger partial charge is 0.406 e. The van der Waals surface area contributed by atoms with Gasteiger partial charge in [-0.15, -0.1) is 0 Å². The van der Waals surface area contributed by atoms with Gasteiger partial charge in [0.2, 0.25) is 11.8 Å². The molecule has 0 bridgehead atoms. The minimum Gasteiger partial charge on any atom is -0.383 e. The summed E-state index contributed by atoms with van der Waals surface area (Å²) in [5.74, 6) is -1.36. The van der Waals surface area contributed by atoms with Gasteiger partial charge in [0.05, 0.1) is 6.61 Å². The summed E-state index contributed by atoms with van der Waals surface area (Å²) in [5, 5.41) is 2.33. The van der Waals surface area contributed by atoms with Crippen molar-refractivity contribution < 1.29 is 27.5 Å². The topological polar surface area (TPSA) is 84.7 Å². The molecule has 0 aliphatic carbocycles. The van der Waals surface area contributed by atoms with Crippen molar-refractivity contribution in [3.05, 3.63) is 0 Å². The number of rotatable bonds is 5. The van der Waals surface area contributed by atoms with Gasteiger partial charge >= 0.3 is 6.18 Å². The molecule has 0 radical (unpaired) electrons. The minimum absolute atomic E-state index is 0.0288. The number of amides is 2. The molecule has 0 aromatic heterocycles. The first kappa shape index (κ1) is 15.7. The molecule has 2 amide bonds. The van der Waals surface area contributed by atoms with E-state index in [2.05, 4.69) is 10.1 Å². The average molecular weight is 283 g/mol. The lowest BCUT2D eigenvalue weighted by molar-refractivity contribution is -0.158. The molecule has 3 N–H and O–H groups in total. The Bertz CT molecular complexity index is 349. The Labute approximate surface area is 108 Å². The normalized spacial score (nSPS) is 21.6. The number of hydrogen-bond acceptors (Lipinski definition) is 4. The number of methoxy groups -OCH3 is 1. The molecule has 1 rings (SSSR count). The summed E-state index contributed by atoms with van der Waals surface area (Å²) in [5.41, 5.74) is 5.45. The molecule has 110 valence electrons. The van der Waals surface area contributed by atoms with Crippen molar-refractivity contribution in [3.8, 4) is 0 Å². The first-order valence-corrected chi connectivity index (χ1v) is 5.65. The van der Waals surface area contributed by atoms with Crippen molar-refractivity contribution in [2.45, 2.75) is 24.7 Å². The van der Waals surface area contributed by atoms with E-state index in [9.17, 15) is 22.8 Å². The van der Waals surface area contributed by atoms with Crippen LogP contribution in [0.1, 0.15) is 6.42 Å². The number of likely N-dealkylation sites (tertiary alicyclic amines) is 1. The van der Waals surface area contributed by atoms with Crippen molar-refractivity contribution in [3.63, 3.8) is 0 Å². The zero-order chi connectivity index (χ0) is 14.6. The molecular weight excluding hydrogens is 267 g/mol. The van der Waals surface area contributed by atoms with Crippen molar-refractivity contribution >= 4 is 11.8 Å². The molecule has 0 aromatic rings. The van der Waals surface area contributed by atoms with E-state index in [1.165, 1.54) is 7.11 Å². The first-order valence-electron chi connectivity index (χ1n) is 5.65. The van der Waals surface area contributed by atoms with Gasteiger partial charge in [-0.1, -0.05) is 0 Å². The monoisotopic (exact) mass is 283 g/mol. The number of nitrogens with zero attached hydrogens (tertiary/aromatic N) is 1. The number of nitrogens with one attached hydrogen (secondary N) is 1. The Morgan fingerprint density at radius 2 is 2.26 bits per heavy atom. The lowest BCUT2D eigenvalue weighted by Crippen LogP contribution is -2.50. The zero-order valence-electron chi connectivity index (χ0n) is 10.4. The number of carbonyl (C=O) groups is 2. The number of ether oxygens (including phenoxy) is 1. The van der Waals surface area contributed by atoms with Gasteiger partial charge in [0.25, 0.3) is 0 Å². The van der Waals surface area contributed by atoms with Gasteiger partial charge in [-0.25, -0.2) is 0 Å². The van der Waals surface area contributed by atoms with Crippen LogP contribution >= 0.6 is 0 Å². The smallest absolute Gasteiger partial charge is 0.383 e. The summed E-state index contributed by atoms with van der Waals surface area (Å²) in [6, 6.07) is -1.90. The molecular formula is C10H16F3N3O3.